The summed E-state index contributed by atoms with van der Waals surface area (Å²) in [6, 6.07) is 62.1. The molecule has 7 aromatic carbocycles. The molecule has 66 heavy (non-hydrogen) atoms. The number of hydrogen-bond donors (Lipinski definition) is 0. The summed E-state index contributed by atoms with van der Waals surface area (Å²) in [6.07, 6.45) is 3.24. The molecule has 0 fully saturated rings. The van der Waals surface area contributed by atoms with Gasteiger partial charge in [0.15, 0.2) is 0 Å². The van der Waals surface area contributed by atoms with Gasteiger partial charge >= 0.3 is 0 Å². The predicted molar refractivity (Wildman–Crippen MR) is 277 cm³/mol. The zero-order chi connectivity index (χ0) is 45.5. The number of aromatic nitrogens is 3. The van der Waals surface area contributed by atoms with Crippen LogP contribution in [0.25, 0.3) is 83.6 Å². The van der Waals surface area contributed by atoms with E-state index in [1.54, 1.807) is 0 Å². The van der Waals surface area contributed by atoms with Crippen molar-refractivity contribution < 1.29 is 24.5 Å². The molecule has 0 N–H and O–H groups in total. The number of para-hydroxylation sites is 3. The zero-order valence-electron chi connectivity index (χ0n) is 39.5. The smallest absolute Gasteiger partial charge is 0.120 e. The molecule has 0 unspecified atom stereocenters. The third-order valence-electron chi connectivity index (χ3n) is 12.2. The SMILES string of the molecule is CC(C)Cc1cc(-c2[c-]cccc2)ncc1[Si](C)(C)C.Cc1c[c-]c(-c2nc3ccccc3n2-c2c(-c3ccccc3)cc(C(C)(C)C)cc2-c2ccccc2)c2oc3ccccc3c12.[Ir]. The Hall–Kier alpha value is -6.17. The fourth-order valence-electron chi connectivity index (χ4n) is 8.98. The van der Waals surface area contributed by atoms with Crippen molar-refractivity contribution >= 4 is 46.2 Å². The van der Waals surface area contributed by atoms with E-state index in [0.717, 1.165) is 95.5 Å². The van der Waals surface area contributed by atoms with E-state index in [1.165, 1.54) is 16.3 Å². The van der Waals surface area contributed by atoms with Gasteiger partial charge in [0.1, 0.15) is 5.58 Å². The van der Waals surface area contributed by atoms with Crippen LogP contribution >= 0.6 is 0 Å². The predicted octanol–water partition coefficient (Wildman–Crippen LogP) is 15.6. The van der Waals surface area contributed by atoms with Gasteiger partial charge in [-0.2, -0.15) is 0 Å². The first kappa shape index (κ1) is 46.4. The number of pyridine rings is 1. The van der Waals surface area contributed by atoms with Gasteiger partial charge in [-0.3, -0.25) is 4.98 Å². The summed E-state index contributed by atoms with van der Waals surface area (Å²) in [5.74, 6) is 1.47. The number of imidazole rings is 1. The van der Waals surface area contributed by atoms with Gasteiger partial charge in [0.2, 0.25) is 0 Å². The molecule has 0 aliphatic rings. The number of rotatable bonds is 8. The molecule has 4 nitrogen and oxygen atoms in total. The van der Waals surface area contributed by atoms with Crippen molar-refractivity contribution in [1.82, 2.24) is 14.5 Å². The van der Waals surface area contributed by atoms with E-state index >= 15 is 0 Å². The molecule has 0 spiro atoms. The van der Waals surface area contributed by atoms with E-state index < -0.39 is 8.07 Å². The maximum Gasteiger partial charge on any atom is 0.120 e. The van der Waals surface area contributed by atoms with E-state index in [0.29, 0.717) is 5.92 Å². The van der Waals surface area contributed by atoms with Crippen LogP contribution in [0.15, 0.2) is 168 Å². The Labute approximate surface area is 405 Å². The van der Waals surface area contributed by atoms with Crippen LogP contribution in [0, 0.1) is 25.0 Å². The third-order valence-corrected chi connectivity index (χ3v) is 14.3. The van der Waals surface area contributed by atoms with Crippen molar-refractivity contribution in [2.75, 3.05) is 0 Å². The van der Waals surface area contributed by atoms with Gasteiger partial charge in [0.05, 0.1) is 36.2 Å². The Morgan fingerprint density at radius 2 is 1.35 bits per heavy atom. The van der Waals surface area contributed by atoms with Gasteiger partial charge in [0, 0.05) is 42.8 Å². The number of fused-ring (bicyclic) bond motifs is 4. The second-order valence-corrected chi connectivity index (χ2v) is 24.7. The zero-order valence-corrected chi connectivity index (χ0v) is 42.9. The fraction of sp³-hybridized carbons (Fsp3) is 0.200. The summed E-state index contributed by atoms with van der Waals surface area (Å²) in [4.78, 5) is 10.0. The molecule has 10 rings (SSSR count). The first-order valence-electron chi connectivity index (χ1n) is 22.8. The first-order valence-corrected chi connectivity index (χ1v) is 26.3. The average Bonchev–Trinajstić information content (AvgIpc) is 3.89. The van der Waals surface area contributed by atoms with Crippen LogP contribution < -0.4 is 5.19 Å². The topological polar surface area (TPSA) is 43.9 Å². The van der Waals surface area contributed by atoms with Crippen LogP contribution in [0.5, 0.6) is 0 Å². The number of furan rings is 1. The van der Waals surface area contributed by atoms with Gasteiger partial charge < -0.3 is 14.0 Å². The van der Waals surface area contributed by atoms with E-state index in [2.05, 4.69) is 216 Å². The minimum atomic E-state index is -1.34. The van der Waals surface area contributed by atoms with Crippen molar-refractivity contribution in [3.05, 3.63) is 193 Å². The molecule has 0 atom stereocenters. The molecule has 1 radical (unpaired) electrons. The Kier molecular flexibility index (Phi) is 13.3. The number of benzene rings is 7. The van der Waals surface area contributed by atoms with Gasteiger partial charge in [-0.1, -0.05) is 175 Å². The molecule has 333 valence electrons. The van der Waals surface area contributed by atoms with E-state index in [-0.39, 0.29) is 25.5 Å². The Balaban J connectivity index is 0.000000238. The standard InChI is InChI=1S/C42H33N2O.C18H24NSi.Ir/c1-27-23-24-32(40-38(27)31-19-11-14-22-37(31)45-40)41-43-35-20-12-13-21-36(35)44(41)39-33(28-15-7-5-8-16-28)25-30(42(2,3)4)26-34(39)29-17-9-6-10-18-29;1-14(2)11-16-12-17(15-9-7-6-8-10-15)19-13-18(16)20(3,4)5;/h5-23,25-26H,1-4H3;6-9,12-14H,11H2,1-5H3;/q2*-1;. The summed E-state index contributed by atoms with van der Waals surface area (Å²) < 4.78 is 8.95. The second kappa shape index (κ2) is 19.0. The van der Waals surface area contributed by atoms with Crippen LogP contribution in [0.1, 0.15) is 51.3 Å². The van der Waals surface area contributed by atoms with Crippen LogP contribution in [0.2, 0.25) is 19.6 Å². The maximum atomic E-state index is 6.61. The van der Waals surface area contributed by atoms with Crippen molar-refractivity contribution in [2.45, 2.75) is 73.0 Å². The summed E-state index contributed by atoms with van der Waals surface area (Å²) >= 11 is 0. The molecule has 0 bridgehead atoms. The van der Waals surface area contributed by atoms with Gasteiger partial charge in [-0.15, -0.1) is 53.6 Å². The van der Waals surface area contributed by atoms with Crippen molar-refractivity contribution in [3.8, 4) is 50.6 Å². The molecule has 0 saturated heterocycles. The summed E-state index contributed by atoms with van der Waals surface area (Å²) in [6.45, 7) is 20.7. The Bertz CT molecular complexity index is 3220. The Morgan fingerprint density at radius 1 is 0.727 bits per heavy atom. The van der Waals surface area contributed by atoms with E-state index in [9.17, 15) is 0 Å². The van der Waals surface area contributed by atoms with Crippen LogP contribution in [0.3, 0.4) is 0 Å². The van der Waals surface area contributed by atoms with E-state index in [1.807, 2.05) is 30.3 Å². The summed E-state index contributed by atoms with van der Waals surface area (Å²) in [7, 11) is -1.34. The molecule has 0 saturated carbocycles. The van der Waals surface area contributed by atoms with Crippen LogP contribution in [-0.2, 0) is 31.9 Å². The molecular weight excluding hydrogens is 999 g/mol. The van der Waals surface area contributed by atoms with Crippen molar-refractivity contribution in [3.63, 3.8) is 0 Å². The van der Waals surface area contributed by atoms with Gasteiger partial charge in [-0.05, 0) is 75.7 Å². The number of hydrogen-bond acceptors (Lipinski definition) is 3. The van der Waals surface area contributed by atoms with Crippen molar-refractivity contribution in [2.24, 2.45) is 5.92 Å². The largest absolute Gasteiger partial charge is 0.501 e. The third kappa shape index (κ3) is 9.28. The molecule has 6 heteroatoms. The number of aryl methyl sites for hydroxylation is 1. The van der Waals surface area contributed by atoms with Gasteiger partial charge in [-0.25, -0.2) is 0 Å². The quantitative estimate of drug-likeness (QED) is 0.113. The minimum absolute atomic E-state index is 0. The average molecular weight is 1060 g/mol. The Morgan fingerprint density at radius 3 is 1.97 bits per heavy atom. The first-order chi connectivity index (χ1) is 31.3. The fourth-order valence-corrected chi connectivity index (χ4v) is 10.6. The van der Waals surface area contributed by atoms with Crippen LogP contribution in [0.4, 0.5) is 0 Å². The van der Waals surface area contributed by atoms with E-state index in [4.69, 9.17) is 9.40 Å². The molecule has 3 aromatic heterocycles. The molecular formula is C60H57IrN3OSi-2. The monoisotopic (exact) mass is 1060 g/mol. The summed E-state index contributed by atoms with van der Waals surface area (Å²) in [5, 5.41) is 3.70. The van der Waals surface area contributed by atoms with Crippen molar-refractivity contribution in [1.29, 1.82) is 0 Å². The molecule has 0 amide bonds. The minimum Gasteiger partial charge on any atom is -0.501 e. The molecule has 0 aliphatic heterocycles. The summed E-state index contributed by atoms with van der Waals surface area (Å²) in [5.41, 5.74) is 16.1. The maximum absolute atomic E-state index is 6.61. The van der Waals surface area contributed by atoms with Crippen LogP contribution in [-0.4, -0.2) is 22.6 Å². The molecule has 3 heterocycles. The molecule has 0 aliphatic carbocycles. The molecule has 10 aromatic rings. The second-order valence-electron chi connectivity index (χ2n) is 19.7. The normalized spacial score (nSPS) is 11.8. The number of nitrogens with zero attached hydrogens (tertiary/aromatic N) is 3. The van der Waals surface area contributed by atoms with Gasteiger partial charge in [0.25, 0.3) is 0 Å².